The van der Waals surface area contributed by atoms with Gasteiger partial charge in [-0.1, -0.05) is 18.5 Å². The van der Waals surface area contributed by atoms with Crippen molar-refractivity contribution in [2.75, 3.05) is 75.2 Å². The van der Waals surface area contributed by atoms with E-state index in [0.29, 0.717) is 17.3 Å². The molecular weight excluding hydrogens is 626 g/mol. The molecule has 0 unspecified atom stereocenters. The van der Waals surface area contributed by atoms with Crippen LogP contribution in [-0.2, 0) is 16.3 Å². The molecule has 0 spiro atoms. The Balaban J connectivity index is 1.23. The van der Waals surface area contributed by atoms with E-state index in [9.17, 15) is 8.42 Å². The third-order valence-corrected chi connectivity index (χ3v) is 10.3. The number of hydrogen-bond donors (Lipinski definition) is 2. The van der Waals surface area contributed by atoms with Gasteiger partial charge in [-0.05, 0) is 50.1 Å². The summed E-state index contributed by atoms with van der Waals surface area (Å²) in [6.45, 7) is 8.74. The fourth-order valence-corrected chi connectivity index (χ4v) is 7.53. The summed E-state index contributed by atoms with van der Waals surface area (Å²) in [5.41, 5.74) is 4.12. The summed E-state index contributed by atoms with van der Waals surface area (Å²) >= 11 is 6.49. The zero-order valence-electron chi connectivity index (χ0n) is 26.6. The van der Waals surface area contributed by atoms with Crippen LogP contribution in [0.4, 0.5) is 28.8 Å². The first-order valence-corrected chi connectivity index (χ1v) is 17.8. The summed E-state index contributed by atoms with van der Waals surface area (Å²) in [7, 11) is 0.169. The number of fused-ring (bicyclic) bond motifs is 1. The fraction of sp³-hybridized carbons (Fsp3) is 0.438. The minimum absolute atomic E-state index is 0.0136. The molecule has 2 N–H and O–H groups in total. The number of hydrogen-bond acceptors (Lipinski definition) is 12. The molecule has 0 amide bonds. The maximum absolute atomic E-state index is 12.8. The van der Waals surface area contributed by atoms with E-state index in [2.05, 4.69) is 71.4 Å². The van der Waals surface area contributed by atoms with Crippen molar-refractivity contribution < 1.29 is 13.2 Å². The number of halogens is 1. The third kappa shape index (κ3) is 6.82. The van der Waals surface area contributed by atoms with Crippen molar-refractivity contribution in [1.82, 2.24) is 29.7 Å². The highest BCUT2D eigenvalue weighted by Gasteiger charge is 2.28. The third-order valence-electron chi connectivity index (χ3n) is 8.85. The molecule has 0 aliphatic carbocycles. The second kappa shape index (κ2) is 13.5. The van der Waals surface area contributed by atoms with E-state index in [1.165, 1.54) is 29.8 Å². The molecule has 2 aliphatic heterocycles. The van der Waals surface area contributed by atoms with Gasteiger partial charge in [0.1, 0.15) is 21.2 Å². The number of benzene rings is 2. The molecule has 0 atom stereocenters. The van der Waals surface area contributed by atoms with E-state index in [4.69, 9.17) is 16.3 Å². The number of piperazine rings is 1. The van der Waals surface area contributed by atoms with Gasteiger partial charge in [-0.15, -0.1) is 0 Å². The highest BCUT2D eigenvalue weighted by Crippen LogP contribution is 2.38. The van der Waals surface area contributed by atoms with E-state index in [1.807, 2.05) is 0 Å². The maximum atomic E-state index is 12.8. The van der Waals surface area contributed by atoms with Crippen molar-refractivity contribution in [3.05, 3.63) is 53.4 Å². The first-order chi connectivity index (χ1) is 22.1. The molecule has 46 heavy (non-hydrogen) atoms. The van der Waals surface area contributed by atoms with Crippen LogP contribution in [0.25, 0.3) is 11.0 Å². The Labute approximate surface area is 275 Å². The van der Waals surface area contributed by atoms with Crippen LogP contribution >= 0.6 is 11.6 Å². The van der Waals surface area contributed by atoms with E-state index >= 15 is 0 Å². The summed E-state index contributed by atoms with van der Waals surface area (Å²) in [5.74, 6) is 1.19. The summed E-state index contributed by atoms with van der Waals surface area (Å²) in [5, 5.41) is 6.60. The second-order valence-electron chi connectivity index (χ2n) is 11.9. The van der Waals surface area contributed by atoms with E-state index < -0.39 is 9.84 Å². The lowest BCUT2D eigenvalue weighted by Gasteiger charge is -2.43. The van der Waals surface area contributed by atoms with Gasteiger partial charge in [0.05, 0.1) is 30.2 Å². The van der Waals surface area contributed by atoms with Crippen LogP contribution in [0.2, 0.25) is 5.02 Å². The predicted octanol–water partition coefficient (Wildman–Crippen LogP) is 4.75. The number of nitrogens with one attached hydrogen (secondary N) is 2. The monoisotopic (exact) mass is 665 g/mol. The first kappa shape index (κ1) is 32.2. The fourth-order valence-electron chi connectivity index (χ4n) is 6.37. The number of methoxy groups -OCH3 is 1. The number of anilines is 5. The number of piperidine rings is 1. The lowest BCUT2D eigenvalue weighted by atomic mass is 9.99. The molecule has 2 aliphatic rings. The van der Waals surface area contributed by atoms with E-state index in [1.54, 1.807) is 19.2 Å². The minimum atomic E-state index is -3.68. The number of ether oxygens (including phenoxy) is 1. The van der Waals surface area contributed by atoms with Gasteiger partial charge in [-0.2, -0.15) is 4.98 Å². The minimum Gasteiger partial charge on any atom is -0.494 e. The van der Waals surface area contributed by atoms with Gasteiger partial charge in [0.2, 0.25) is 5.95 Å². The standard InChI is InChI=1S/C32H40ClN9O3S/c1-5-21-18-26(28(45-3)19-27(21)42-12-8-22(9-13-42)41-16-14-40(2)15-17-41)38-32-36-20-23(33)31(39-32)37-25-7-6-24-29(35-11-10-34-24)30(25)46(4,43)44/h6-7,10-11,18-20,22H,5,8-9,12-17H2,1-4H3,(H2,36,37,38,39). The molecule has 2 aromatic heterocycles. The maximum Gasteiger partial charge on any atom is 0.229 e. The van der Waals surface area contributed by atoms with Gasteiger partial charge in [0.25, 0.3) is 0 Å². The molecule has 14 heteroatoms. The molecule has 12 nitrogen and oxygen atoms in total. The average molecular weight is 666 g/mol. The number of likely N-dealkylation sites (N-methyl/N-ethyl adjacent to an activating group) is 1. The Hall–Kier alpha value is -3.78. The molecule has 2 aromatic carbocycles. The summed E-state index contributed by atoms with van der Waals surface area (Å²) in [6.07, 6.45) is 8.71. The Kier molecular flexibility index (Phi) is 9.46. The summed E-state index contributed by atoms with van der Waals surface area (Å²) in [6, 6.07) is 8.15. The second-order valence-corrected chi connectivity index (χ2v) is 14.2. The van der Waals surface area contributed by atoms with Crippen molar-refractivity contribution in [2.24, 2.45) is 0 Å². The Morgan fingerprint density at radius 2 is 1.72 bits per heavy atom. The molecule has 0 saturated carbocycles. The molecule has 2 fully saturated rings. The van der Waals surface area contributed by atoms with Crippen molar-refractivity contribution in [3.8, 4) is 5.75 Å². The quantitative estimate of drug-likeness (QED) is 0.256. The normalized spacial score (nSPS) is 16.9. The Morgan fingerprint density at radius 1 is 0.978 bits per heavy atom. The number of nitrogens with zero attached hydrogens (tertiary/aromatic N) is 7. The highest BCUT2D eigenvalue weighted by atomic mass is 35.5. The highest BCUT2D eigenvalue weighted by molar-refractivity contribution is 7.91. The van der Waals surface area contributed by atoms with Crippen LogP contribution in [0.5, 0.6) is 5.75 Å². The molecular formula is C32H40ClN9O3S. The van der Waals surface area contributed by atoms with Crippen molar-refractivity contribution >= 4 is 61.3 Å². The molecule has 4 aromatic rings. The van der Waals surface area contributed by atoms with Gasteiger partial charge in [0, 0.05) is 75.7 Å². The molecule has 0 bridgehead atoms. The van der Waals surface area contributed by atoms with Crippen LogP contribution < -0.4 is 20.3 Å². The zero-order chi connectivity index (χ0) is 32.4. The molecule has 2 saturated heterocycles. The molecule has 0 radical (unpaired) electrons. The molecule has 244 valence electrons. The van der Waals surface area contributed by atoms with Gasteiger partial charge >= 0.3 is 0 Å². The van der Waals surface area contributed by atoms with Gasteiger partial charge in [-0.25, -0.2) is 13.4 Å². The molecule has 4 heterocycles. The van der Waals surface area contributed by atoms with Crippen LogP contribution in [0, 0.1) is 0 Å². The van der Waals surface area contributed by atoms with Crippen molar-refractivity contribution in [3.63, 3.8) is 0 Å². The van der Waals surface area contributed by atoms with Crippen LogP contribution in [0.15, 0.2) is 47.8 Å². The smallest absolute Gasteiger partial charge is 0.229 e. The van der Waals surface area contributed by atoms with Gasteiger partial charge in [0.15, 0.2) is 15.7 Å². The SMILES string of the molecule is CCc1cc(Nc2ncc(Cl)c(Nc3ccc4nccnc4c3S(C)(=O)=O)n2)c(OC)cc1N1CCC(N2CCN(C)CC2)CC1. The van der Waals surface area contributed by atoms with E-state index in [0.717, 1.165) is 70.5 Å². The predicted molar refractivity (Wildman–Crippen MR) is 183 cm³/mol. The van der Waals surface area contributed by atoms with Crippen molar-refractivity contribution in [2.45, 2.75) is 37.1 Å². The van der Waals surface area contributed by atoms with Crippen molar-refractivity contribution in [1.29, 1.82) is 0 Å². The average Bonchev–Trinajstić information content (AvgIpc) is 3.06. The van der Waals surface area contributed by atoms with Gasteiger partial charge in [-0.3, -0.25) is 14.9 Å². The zero-order valence-corrected chi connectivity index (χ0v) is 28.2. The number of sulfone groups is 1. The van der Waals surface area contributed by atoms with Crippen LogP contribution in [-0.4, -0.2) is 104 Å². The lowest BCUT2D eigenvalue weighted by Crippen LogP contribution is -2.52. The number of rotatable bonds is 9. The number of aryl methyl sites for hydroxylation is 1. The van der Waals surface area contributed by atoms with Crippen LogP contribution in [0.3, 0.4) is 0 Å². The Morgan fingerprint density at radius 3 is 2.41 bits per heavy atom. The van der Waals surface area contributed by atoms with E-state index in [-0.39, 0.29) is 32.9 Å². The topological polar surface area (TPSA) is 129 Å². The number of aromatic nitrogens is 4. The van der Waals surface area contributed by atoms with Crippen LogP contribution in [0.1, 0.15) is 25.3 Å². The van der Waals surface area contributed by atoms with Gasteiger partial charge < -0.3 is 25.2 Å². The lowest BCUT2D eigenvalue weighted by molar-refractivity contribution is 0.0982. The Bertz CT molecular complexity index is 1830. The molecule has 6 rings (SSSR count). The summed E-state index contributed by atoms with van der Waals surface area (Å²) < 4.78 is 31.5. The summed E-state index contributed by atoms with van der Waals surface area (Å²) in [4.78, 5) is 25.1. The largest absolute Gasteiger partial charge is 0.494 e. The first-order valence-electron chi connectivity index (χ1n) is 15.5.